The molecule has 0 fully saturated rings. The molecular weight excluding hydrogens is 1230 g/mol. The van der Waals surface area contributed by atoms with E-state index < -0.39 is 104 Å². The maximum Gasteiger partial charge on any atom is 0.472 e. The van der Waals surface area contributed by atoms with Gasteiger partial charge < -0.3 is 39.3 Å². The summed E-state index contributed by atoms with van der Waals surface area (Å²) in [6, 6.07) is 15.8. The number of aromatic hydroxyl groups is 1. The molecule has 0 radical (unpaired) electrons. The van der Waals surface area contributed by atoms with Gasteiger partial charge in [0.05, 0.1) is 66.1 Å². The first-order valence-electron chi connectivity index (χ1n) is 27.3. The number of hydrogen-bond donors (Lipinski definition) is 7. The number of amides is 1. The number of carbonyl (C=O) groups excluding carboxylic acids is 1. The standard InChI is InChI=1S/C51H80NO24P5S2/c1-4-5-6-12-33-82-83-34-13-8-7-11-25-66-77(56,57)70-31-32-73-81(64,65)75-39-41(38-74-80(62,63)68-27-15-26-67-78(58,59)71-29-30-72-79(60,61)69-28-23-40(2)3)16-9-10-24-52-51(55)43-18-14-17-42(35-43)50-46-21-19-44(53)36-48(46)76-49-37-45(54)20-22-47(49)50/h14,17-22,35-37,40-41,53H,4-13,15-16,23-34,38-39H2,1-3H3,(H,52,55)(H,56,57)(H,58,59)(H,60,61)(H,62,63)(H,64,65). The van der Waals surface area contributed by atoms with Crippen molar-refractivity contribution >= 4 is 77.6 Å². The van der Waals surface area contributed by atoms with Gasteiger partial charge in [0.25, 0.3) is 5.91 Å². The van der Waals surface area contributed by atoms with Gasteiger partial charge in [-0.3, -0.25) is 54.8 Å². The summed E-state index contributed by atoms with van der Waals surface area (Å²) < 4.78 is 118. The third kappa shape index (κ3) is 30.9. The molecule has 25 nitrogen and oxygen atoms in total. The summed E-state index contributed by atoms with van der Waals surface area (Å²) in [5.74, 6) is 1.33. The van der Waals surface area contributed by atoms with Crippen molar-refractivity contribution in [3.8, 4) is 28.2 Å². The molecule has 1 amide bonds. The third-order valence-electron chi connectivity index (χ3n) is 11.8. The lowest BCUT2D eigenvalue weighted by atomic mass is 9.92. The van der Waals surface area contributed by atoms with E-state index in [9.17, 15) is 62.0 Å². The highest BCUT2D eigenvalue weighted by atomic mass is 33.1. The Balaban J connectivity index is 1.25. The molecule has 2 aromatic carbocycles. The van der Waals surface area contributed by atoms with E-state index in [-0.39, 0.29) is 55.5 Å². The molecule has 6 unspecified atom stereocenters. The van der Waals surface area contributed by atoms with Crippen molar-refractivity contribution in [3.05, 3.63) is 76.5 Å². The second-order valence-corrected chi connectivity index (χ2v) is 29.2. The number of phosphoric acid groups is 5. The van der Waals surface area contributed by atoms with E-state index in [4.69, 9.17) is 49.7 Å². The highest BCUT2D eigenvalue weighted by Crippen LogP contribution is 2.49. The molecule has 1 heterocycles. The van der Waals surface area contributed by atoms with Gasteiger partial charge >= 0.3 is 39.1 Å². The van der Waals surface area contributed by atoms with Crippen molar-refractivity contribution < 1.29 is 107 Å². The molecule has 0 saturated carbocycles. The molecule has 6 atom stereocenters. The highest BCUT2D eigenvalue weighted by Gasteiger charge is 2.30. The Morgan fingerprint density at radius 2 is 1.10 bits per heavy atom. The van der Waals surface area contributed by atoms with Crippen LogP contribution in [-0.4, -0.2) is 120 Å². The number of nitrogens with one attached hydrogen (secondary N) is 1. The highest BCUT2D eigenvalue weighted by molar-refractivity contribution is 8.76. The number of benzene rings is 3. The van der Waals surface area contributed by atoms with Crippen LogP contribution in [0.5, 0.6) is 5.75 Å². The van der Waals surface area contributed by atoms with E-state index in [0.29, 0.717) is 58.9 Å². The van der Waals surface area contributed by atoms with Gasteiger partial charge in [-0.05, 0) is 92.8 Å². The first-order chi connectivity index (χ1) is 39.4. The molecule has 7 N–H and O–H groups in total. The Kier molecular flexibility index (Phi) is 33.6. The molecule has 470 valence electrons. The minimum Gasteiger partial charge on any atom is -0.508 e. The Hall–Kier alpha value is -2.35. The molecule has 4 rings (SSSR count). The second kappa shape index (κ2) is 38.1. The number of hydrogen-bond acceptors (Lipinski definition) is 21. The number of phosphoric ester groups is 5. The van der Waals surface area contributed by atoms with Crippen LogP contribution in [0.3, 0.4) is 0 Å². The summed E-state index contributed by atoms with van der Waals surface area (Å²) in [7, 11) is -19.6. The minimum atomic E-state index is -4.86. The summed E-state index contributed by atoms with van der Waals surface area (Å²) in [5, 5.41) is 13.6. The molecule has 32 heteroatoms. The lowest BCUT2D eigenvalue weighted by Crippen LogP contribution is -2.24. The third-order valence-corrected chi connectivity index (χ3v) is 19.4. The van der Waals surface area contributed by atoms with E-state index in [1.165, 1.54) is 49.9 Å². The van der Waals surface area contributed by atoms with Crippen LogP contribution < -0.4 is 10.7 Å². The molecule has 2 aromatic rings. The Labute approximate surface area is 492 Å². The van der Waals surface area contributed by atoms with Crippen molar-refractivity contribution in [1.29, 1.82) is 0 Å². The normalized spacial score (nSPS) is 16.1. The van der Waals surface area contributed by atoms with Crippen molar-refractivity contribution in [2.45, 2.75) is 104 Å². The van der Waals surface area contributed by atoms with Crippen molar-refractivity contribution in [2.24, 2.45) is 11.8 Å². The van der Waals surface area contributed by atoms with Gasteiger partial charge in [0.1, 0.15) is 17.1 Å². The summed E-state index contributed by atoms with van der Waals surface area (Å²) >= 11 is 0. The first-order valence-corrected chi connectivity index (χ1v) is 37.3. The van der Waals surface area contributed by atoms with Crippen molar-refractivity contribution in [1.82, 2.24) is 5.32 Å². The fraction of sp³-hybridized carbons (Fsp3) is 0.608. The first kappa shape index (κ1) is 73.1. The number of fused-ring (bicyclic) bond motifs is 2. The lowest BCUT2D eigenvalue weighted by molar-refractivity contribution is 0.0756. The average Bonchev–Trinajstić information content (AvgIpc) is 3.54. The van der Waals surface area contributed by atoms with E-state index in [1.54, 1.807) is 36.4 Å². The number of unbranched alkanes of at least 4 members (excludes halogenated alkanes) is 7. The number of rotatable bonds is 47. The quantitative estimate of drug-likeness (QED) is 0.00935. The van der Waals surface area contributed by atoms with Crippen LogP contribution in [0, 0.1) is 11.8 Å². The van der Waals surface area contributed by atoms with E-state index in [2.05, 4.69) is 12.2 Å². The Morgan fingerprint density at radius 1 is 0.566 bits per heavy atom. The fourth-order valence-corrected chi connectivity index (χ4v) is 13.7. The Bertz CT molecular complexity index is 2850. The van der Waals surface area contributed by atoms with Crippen LogP contribution >= 0.6 is 60.7 Å². The van der Waals surface area contributed by atoms with Crippen LogP contribution in [-0.2, 0) is 68.1 Å². The van der Waals surface area contributed by atoms with Gasteiger partial charge in [-0.1, -0.05) is 93.0 Å². The minimum absolute atomic E-state index is 0.0312. The van der Waals surface area contributed by atoms with Gasteiger partial charge in [-0.15, -0.1) is 0 Å². The predicted molar refractivity (Wildman–Crippen MR) is 316 cm³/mol. The van der Waals surface area contributed by atoms with Gasteiger partial charge in [0, 0.05) is 58.2 Å². The number of phenolic OH excluding ortho intramolecular Hbond substituents is 1. The lowest BCUT2D eigenvalue weighted by Gasteiger charge is -2.21. The summed E-state index contributed by atoms with van der Waals surface area (Å²) in [4.78, 5) is 76.4. The maximum absolute atomic E-state index is 13.5. The van der Waals surface area contributed by atoms with E-state index >= 15 is 0 Å². The zero-order valence-corrected chi connectivity index (χ0v) is 53.0. The summed E-state index contributed by atoms with van der Waals surface area (Å²) in [6.45, 7) is 1.43. The van der Waals surface area contributed by atoms with Gasteiger partial charge in [-0.2, -0.15) is 0 Å². The average molecular weight is 1310 g/mol. The summed E-state index contributed by atoms with van der Waals surface area (Å²) in [5.41, 5.74) is 2.27. The Morgan fingerprint density at radius 3 is 1.67 bits per heavy atom. The van der Waals surface area contributed by atoms with E-state index in [0.717, 1.165) is 30.8 Å². The molecule has 1 aliphatic heterocycles. The summed E-state index contributed by atoms with van der Waals surface area (Å²) in [6.07, 6.45) is 9.30. The van der Waals surface area contributed by atoms with Crippen molar-refractivity contribution in [2.75, 3.05) is 84.1 Å². The van der Waals surface area contributed by atoms with Crippen molar-refractivity contribution in [3.63, 3.8) is 0 Å². The molecule has 2 aliphatic rings. The maximum atomic E-state index is 13.5. The number of phenols is 1. The molecular formula is C51H80NO24P5S2. The zero-order valence-electron chi connectivity index (χ0n) is 46.9. The molecule has 83 heavy (non-hydrogen) atoms. The smallest absolute Gasteiger partial charge is 0.472 e. The van der Waals surface area contributed by atoms with Gasteiger partial charge in [-0.25, -0.2) is 22.8 Å². The van der Waals surface area contributed by atoms with Crippen LogP contribution in [0.4, 0.5) is 0 Å². The monoisotopic (exact) mass is 1310 g/mol. The molecule has 0 bridgehead atoms. The largest absolute Gasteiger partial charge is 0.508 e. The molecule has 0 aromatic heterocycles. The predicted octanol–water partition coefficient (Wildman–Crippen LogP) is 12.4. The van der Waals surface area contributed by atoms with Gasteiger partial charge in [0.2, 0.25) is 0 Å². The van der Waals surface area contributed by atoms with Crippen LogP contribution in [0.25, 0.3) is 33.4 Å². The number of carbonyl (C=O) groups is 1. The molecule has 0 saturated heterocycles. The second-order valence-electron chi connectivity index (χ2n) is 19.3. The SMILES string of the molecule is CCCCCCSSCCCCCCOP(=O)(O)OCCOP(=O)(O)OCC(CCCCNC(=O)c1cccc(-c2c3ccc(=O)cc-3oc3cc(O)ccc23)c1)COP(=O)(O)OCCCOP(=O)(O)OCCOP(=O)(O)OCCC(C)C. The van der Waals surface area contributed by atoms with Crippen LogP contribution in [0.1, 0.15) is 115 Å². The van der Waals surface area contributed by atoms with E-state index in [1.807, 2.05) is 35.4 Å². The van der Waals surface area contributed by atoms with Crippen LogP contribution in [0.2, 0.25) is 0 Å². The van der Waals surface area contributed by atoms with Crippen LogP contribution in [0.15, 0.2) is 69.9 Å². The zero-order chi connectivity index (χ0) is 60.8. The molecule has 1 aliphatic carbocycles. The fourth-order valence-electron chi connectivity index (χ4n) is 7.58. The van der Waals surface area contributed by atoms with Gasteiger partial charge in [0.15, 0.2) is 5.43 Å². The topological polar surface area (TPSA) is 358 Å². The molecule has 0 spiro atoms.